The van der Waals surface area contributed by atoms with Crippen LogP contribution >= 0.6 is 0 Å². The third kappa shape index (κ3) is 58.6. The second kappa shape index (κ2) is 60.4. The van der Waals surface area contributed by atoms with Crippen LogP contribution in [0.25, 0.3) is 0 Å². The first-order valence-corrected chi connectivity index (χ1v) is 30.0. The van der Waals surface area contributed by atoms with Crippen LogP contribution in [0.5, 0.6) is 0 Å². The SMILES string of the molecule is CCCCC/C=C/C/C=C/C/C=C/C/C=C/CCCCCC(=O)OC[C@@H](COC(=O)CCCCCCCCC/C=C/C/C=C/CCCCC)OC(=O)CCCCC/C=C/C/C=C/C/C=C/C/C=C/CCCCC. The highest BCUT2D eigenvalue weighted by Gasteiger charge is 2.19. The van der Waals surface area contributed by atoms with Gasteiger partial charge in [-0.15, -0.1) is 0 Å². The first-order valence-electron chi connectivity index (χ1n) is 30.0. The van der Waals surface area contributed by atoms with Gasteiger partial charge in [0.15, 0.2) is 6.10 Å². The Kier molecular flexibility index (Phi) is 56.9. The van der Waals surface area contributed by atoms with Gasteiger partial charge in [0.2, 0.25) is 0 Å². The van der Waals surface area contributed by atoms with Gasteiger partial charge in [0.25, 0.3) is 0 Å². The lowest BCUT2D eigenvalue weighted by molar-refractivity contribution is -0.167. The van der Waals surface area contributed by atoms with Crippen molar-refractivity contribution in [1.82, 2.24) is 0 Å². The zero-order valence-electron chi connectivity index (χ0n) is 47.4. The number of allylic oxidation sites excluding steroid dienone is 20. The summed E-state index contributed by atoms with van der Waals surface area (Å²) < 4.78 is 16.8. The van der Waals surface area contributed by atoms with Crippen LogP contribution in [0.1, 0.15) is 265 Å². The van der Waals surface area contributed by atoms with E-state index in [2.05, 4.69) is 142 Å². The highest BCUT2D eigenvalue weighted by molar-refractivity contribution is 5.71. The van der Waals surface area contributed by atoms with E-state index in [1.54, 1.807) is 0 Å². The zero-order valence-corrected chi connectivity index (χ0v) is 47.4. The number of carbonyl (C=O) groups excluding carboxylic acids is 3. The van der Waals surface area contributed by atoms with Crippen LogP contribution in [-0.4, -0.2) is 37.2 Å². The van der Waals surface area contributed by atoms with E-state index in [-0.39, 0.29) is 37.5 Å². The second-order valence-electron chi connectivity index (χ2n) is 19.5. The first-order chi connectivity index (χ1) is 36.0. The summed E-state index contributed by atoms with van der Waals surface area (Å²) >= 11 is 0. The molecule has 0 aromatic carbocycles. The lowest BCUT2D eigenvalue weighted by atomic mass is 10.1. The van der Waals surface area contributed by atoms with Gasteiger partial charge in [-0.3, -0.25) is 14.4 Å². The van der Waals surface area contributed by atoms with E-state index >= 15 is 0 Å². The maximum absolute atomic E-state index is 12.9. The monoisotopic (exact) mass is 1010 g/mol. The minimum Gasteiger partial charge on any atom is -0.462 e. The van der Waals surface area contributed by atoms with Gasteiger partial charge in [-0.1, -0.05) is 226 Å². The van der Waals surface area contributed by atoms with Crippen molar-refractivity contribution in [1.29, 1.82) is 0 Å². The molecule has 414 valence electrons. The summed E-state index contributed by atoms with van der Waals surface area (Å²) in [6, 6.07) is 0. The van der Waals surface area contributed by atoms with Gasteiger partial charge in [0.1, 0.15) is 13.2 Å². The van der Waals surface area contributed by atoms with Crippen molar-refractivity contribution in [3.05, 3.63) is 122 Å². The van der Waals surface area contributed by atoms with Crippen LogP contribution < -0.4 is 0 Å². The summed E-state index contributed by atoms with van der Waals surface area (Å²) in [5, 5.41) is 0. The molecule has 0 rings (SSSR count). The molecule has 0 spiro atoms. The smallest absolute Gasteiger partial charge is 0.306 e. The molecule has 0 aliphatic carbocycles. The normalized spacial score (nSPS) is 13.0. The molecule has 0 N–H and O–H groups in total. The van der Waals surface area contributed by atoms with E-state index in [4.69, 9.17) is 14.2 Å². The quantitative estimate of drug-likeness (QED) is 0.0261. The molecule has 0 unspecified atom stereocenters. The fourth-order valence-electron chi connectivity index (χ4n) is 7.85. The molecule has 0 aliphatic rings. The van der Waals surface area contributed by atoms with Crippen molar-refractivity contribution in [3.63, 3.8) is 0 Å². The van der Waals surface area contributed by atoms with Gasteiger partial charge < -0.3 is 14.2 Å². The molecule has 6 heteroatoms. The molecule has 0 aliphatic heterocycles. The Morgan fingerprint density at radius 3 is 0.781 bits per heavy atom. The largest absolute Gasteiger partial charge is 0.462 e. The minimum absolute atomic E-state index is 0.108. The number of ether oxygens (including phenoxy) is 3. The highest BCUT2D eigenvalue weighted by atomic mass is 16.6. The molecule has 73 heavy (non-hydrogen) atoms. The fraction of sp³-hybridized carbons (Fsp3) is 0.657. The van der Waals surface area contributed by atoms with Gasteiger partial charge in [0, 0.05) is 19.3 Å². The Hall–Kier alpha value is -4.19. The van der Waals surface area contributed by atoms with Crippen molar-refractivity contribution >= 4 is 17.9 Å². The highest BCUT2D eigenvalue weighted by Crippen LogP contribution is 2.13. The third-order valence-electron chi connectivity index (χ3n) is 12.4. The van der Waals surface area contributed by atoms with Gasteiger partial charge in [-0.25, -0.2) is 0 Å². The number of rotatable bonds is 53. The van der Waals surface area contributed by atoms with Crippen molar-refractivity contribution < 1.29 is 28.6 Å². The Morgan fingerprint density at radius 1 is 0.274 bits per heavy atom. The van der Waals surface area contributed by atoms with E-state index in [1.807, 2.05) is 0 Å². The lowest BCUT2D eigenvalue weighted by Crippen LogP contribution is -2.30. The number of unbranched alkanes of at least 4 members (excludes halogenated alkanes) is 22. The standard InChI is InChI=1S/C67H110O6/c1-4-7-10-13-16-19-22-25-28-31-33-36-39-42-45-48-51-54-57-60-66(69)72-63-64(62-71-65(68)59-56-53-50-47-44-41-38-35-30-27-24-21-18-15-12-9-6-3)73-67(70)61-58-55-52-49-46-43-40-37-34-32-29-26-23-20-17-14-11-8-5-2/h16-21,25-30,33-34,36-37,42-43,45-46,64H,4-15,22-24,31-32,35,38-41,44,47-63H2,1-3H3/b19-16+,20-17+,21-18+,28-25+,29-26+,30-27+,36-33+,37-34+,45-42+,46-43+/t64-/m1/s1. The van der Waals surface area contributed by atoms with E-state index in [0.717, 1.165) is 116 Å². The van der Waals surface area contributed by atoms with Crippen LogP contribution in [0, 0.1) is 0 Å². The van der Waals surface area contributed by atoms with Gasteiger partial charge in [-0.05, 0) is 141 Å². The van der Waals surface area contributed by atoms with Crippen LogP contribution in [0.15, 0.2) is 122 Å². The molecular weight excluding hydrogens is 901 g/mol. The Labute approximate surface area is 450 Å². The van der Waals surface area contributed by atoms with Crippen LogP contribution in [0.3, 0.4) is 0 Å². The molecule has 0 saturated carbocycles. The summed E-state index contributed by atoms with van der Waals surface area (Å²) in [6.07, 6.45) is 83.2. The Morgan fingerprint density at radius 2 is 0.493 bits per heavy atom. The van der Waals surface area contributed by atoms with Crippen LogP contribution in [0.4, 0.5) is 0 Å². The number of hydrogen-bond donors (Lipinski definition) is 0. The van der Waals surface area contributed by atoms with E-state index in [0.29, 0.717) is 19.3 Å². The second-order valence-corrected chi connectivity index (χ2v) is 19.5. The van der Waals surface area contributed by atoms with E-state index < -0.39 is 6.10 Å². The van der Waals surface area contributed by atoms with Crippen LogP contribution in [-0.2, 0) is 28.6 Å². The van der Waals surface area contributed by atoms with Crippen LogP contribution in [0.2, 0.25) is 0 Å². The average molecular weight is 1010 g/mol. The Balaban J connectivity index is 4.54. The molecule has 0 radical (unpaired) electrons. The van der Waals surface area contributed by atoms with E-state index in [9.17, 15) is 14.4 Å². The molecular formula is C67H110O6. The predicted octanol–water partition coefficient (Wildman–Crippen LogP) is 20.4. The first kappa shape index (κ1) is 68.8. The minimum atomic E-state index is -0.816. The van der Waals surface area contributed by atoms with Crippen molar-refractivity contribution in [2.24, 2.45) is 0 Å². The lowest BCUT2D eigenvalue weighted by Gasteiger charge is -2.18. The molecule has 1 atom stereocenters. The molecule has 0 fully saturated rings. The van der Waals surface area contributed by atoms with Crippen molar-refractivity contribution in [2.75, 3.05) is 13.2 Å². The number of esters is 3. The fourth-order valence-corrected chi connectivity index (χ4v) is 7.85. The Bertz CT molecular complexity index is 1540. The zero-order chi connectivity index (χ0) is 52.9. The molecule has 0 heterocycles. The predicted molar refractivity (Wildman–Crippen MR) is 316 cm³/mol. The van der Waals surface area contributed by atoms with E-state index in [1.165, 1.54) is 103 Å². The number of hydrogen-bond acceptors (Lipinski definition) is 6. The van der Waals surface area contributed by atoms with Crippen molar-refractivity contribution in [3.8, 4) is 0 Å². The van der Waals surface area contributed by atoms with Crippen molar-refractivity contribution in [2.45, 2.75) is 271 Å². The average Bonchev–Trinajstić information content (AvgIpc) is 3.39. The maximum Gasteiger partial charge on any atom is 0.306 e. The molecule has 0 amide bonds. The molecule has 0 bridgehead atoms. The molecule has 0 saturated heterocycles. The van der Waals surface area contributed by atoms with Gasteiger partial charge in [0.05, 0.1) is 0 Å². The summed E-state index contributed by atoms with van der Waals surface area (Å²) in [7, 11) is 0. The molecule has 6 nitrogen and oxygen atoms in total. The molecule has 0 aromatic heterocycles. The maximum atomic E-state index is 12.9. The van der Waals surface area contributed by atoms with Gasteiger partial charge >= 0.3 is 17.9 Å². The summed E-state index contributed by atoms with van der Waals surface area (Å²) in [5.74, 6) is -0.978. The summed E-state index contributed by atoms with van der Waals surface area (Å²) in [6.45, 7) is 6.50. The summed E-state index contributed by atoms with van der Waals surface area (Å²) in [5.41, 5.74) is 0. The third-order valence-corrected chi connectivity index (χ3v) is 12.4. The topological polar surface area (TPSA) is 78.9 Å². The van der Waals surface area contributed by atoms with Gasteiger partial charge in [-0.2, -0.15) is 0 Å². The number of carbonyl (C=O) groups is 3. The summed E-state index contributed by atoms with van der Waals surface area (Å²) in [4.78, 5) is 38.2. The molecule has 0 aromatic rings.